The number of benzene rings is 1. The topological polar surface area (TPSA) is 87.7 Å². The molecular formula is C16H19Cl2N3O4. The summed E-state index contributed by atoms with van der Waals surface area (Å²) < 4.78 is 5.42. The number of halogens is 2. The minimum atomic E-state index is -0.941. The molecule has 1 aromatic rings. The van der Waals surface area contributed by atoms with Crippen LogP contribution in [0.15, 0.2) is 18.2 Å². The average molecular weight is 388 g/mol. The highest BCUT2D eigenvalue weighted by atomic mass is 35.5. The maximum absolute atomic E-state index is 12.0. The predicted octanol–water partition coefficient (Wildman–Crippen LogP) is 1.92. The minimum Gasteiger partial charge on any atom is -0.479 e. The Balaban J connectivity index is 1.82. The third-order valence-electron chi connectivity index (χ3n) is 3.70. The van der Waals surface area contributed by atoms with Gasteiger partial charge in [-0.15, -0.1) is 0 Å². The van der Waals surface area contributed by atoms with Gasteiger partial charge in [-0.05, 0) is 44.4 Å². The fraction of sp³-hybridized carbons (Fsp3) is 0.438. The SMILES string of the molecule is C[C@H](Oc1ccc(Cl)cc1Cl)C(=O)NNC(=O)C(=O)N1CCCCC1. The van der Waals surface area contributed by atoms with Gasteiger partial charge in [-0.2, -0.15) is 0 Å². The van der Waals surface area contributed by atoms with Crippen LogP contribution in [0.25, 0.3) is 0 Å². The molecule has 9 heteroatoms. The number of nitrogens with zero attached hydrogens (tertiary/aromatic N) is 1. The van der Waals surface area contributed by atoms with Gasteiger partial charge in [0.05, 0.1) is 5.02 Å². The van der Waals surface area contributed by atoms with Gasteiger partial charge in [0.25, 0.3) is 5.91 Å². The number of nitrogens with one attached hydrogen (secondary N) is 2. The van der Waals surface area contributed by atoms with Crippen molar-refractivity contribution >= 4 is 40.9 Å². The van der Waals surface area contributed by atoms with Gasteiger partial charge in [0, 0.05) is 18.1 Å². The third-order valence-corrected chi connectivity index (χ3v) is 4.23. The Kier molecular flexibility index (Phi) is 6.90. The molecule has 2 rings (SSSR count). The summed E-state index contributed by atoms with van der Waals surface area (Å²) in [7, 11) is 0. The van der Waals surface area contributed by atoms with E-state index < -0.39 is 23.8 Å². The van der Waals surface area contributed by atoms with Gasteiger partial charge >= 0.3 is 11.8 Å². The highest BCUT2D eigenvalue weighted by molar-refractivity contribution is 6.35. The van der Waals surface area contributed by atoms with Crippen LogP contribution in [0.2, 0.25) is 10.0 Å². The smallest absolute Gasteiger partial charge is 0.327 e. The zero-order valence-electron chi connectivity index (χ0n) is 13.7. The van der Waals surface area contributed by atoms with Crippen LogP contribution in [-0.2, 0) is 14.4 Å². The van der Waals surface area contributed by atoms with E-state index in [0.717, 1.165) is 19.3 Å². The average Bonchev–Trinajstić information content (AvgIpc) is 2.61. The van der Waals surface area contributed by atoms with Crippen LogP contribution >= 0.6 is 23.2 Å². The van der Waals surface area contributed by atoms with Crippen LogP contribution in [-0.4, -0.2) is 41.8 Å². The first kappa shape index (κ1) is 19.3. The summed E-state index contributed by atoms with van der Waals surface area (Å²) in [5.41, 5.74) is 4.28. The van der Waals surface area contributed by atoms with Crippen molar-refractivity contribution in [3.8, 4) is 5.75 Å². The fourth-order valence-corrected chi connectivity index (χ4v) is 2.78. The molecule has 25 heavy (non-hydrogen) atoms. The van der Waals surface area contributed by atoms with Crippen molar-refractivity contribution in [3.63, 3.8) is 0 Å². The molecule has 1 saturated heterocycles. The lowest BCUT2D eigenvalue weighted by Crippen LogP contribution is -2.53. The van der Waals surface area contributed by atoms with Crippen molar-refractivity contribution in [2.45, 2.75) is 32.3 Å². The molecule has 0 saturated carbocycles. The van der Waals surface area contributed by atoms with Gasteiger partial charge in [0.15, 0.2) is 6.10 Å². The molecule has 0 unspecified atom stereocenters. The quantitative estimate of drug-likeness (QED) is 0.612. The number of hydrogen-bond acceptors (Lipinski definition) is 4. The summed E-state index contributed by atoms with van der Waals surface area (Å²) in [5.74, 6) is -1.88. The van der Waals surface area contributed by atoms with E-state index in [4.69, 9.17) is 27.9 Å². The van der Waals surface area contributed by atoms with E-state index >= 15 is 0 Å². The Bertz CT molecular complexity index is 663. The molecule has 1 aliphatic rings. The summed E-state index contributed by atoms with van der Waals surface area (Å²) in [5, 5.41) is 0.703. The Morgan fingerprint density at radius 3 is 2.44 bits per heavy atom. The number of amides is 3. The predicted molar refractivity (Wildman–Crippen MR) is 93.3 cm³/mol. The van der Waals surface area contributed by atoms with Gasteiger partial charge in [-0.25, -0.2) is 0 Å². The molecule has 1 aliphatic heterocycles. The summed E-state index contributed by atoms with van der Waals surface area (Å²) in [4.78, 5) is 37.2. The maximum Gasteiger partial charge on any atom is 0.327 e. The number of piperidine rings is 1. The fourth-order valence-electron chi connectivity index (χ4n) is 2.33. The van der Waals surface area contributed by atoms with E-state index in [-0.39, 0.29) is 10.8 Å². The number of ether oxygens (including phenoxy) is 1. The number of likely N-dealkylation sites (tertiary alicyclic amines) is 1. The summed E-state index contributed by atoms with van der Waals surface area (Å²) in [6.07, 6.45) is 1.85. The summed E-state index contributed by atoms with van der Waals surface area (Å²) >= 11 is 11.8. The third kappa shape index (κ3) is 5.51. The van der Waals surface area contributed by atoms with Crippen LogP contribution < -0.4 is 15.6 Å². The van der Waals surface area contributed by atoms with Crippen LogP contribution in [0.3, 0.4) is 0 Å². The second kappa shape index (κ2) is 8.92. The zero-order chi connectivity index (χ0) is 18.4. The number of hydrogen-bond donors (Lipinski definition) is 2. The molecule has 1 fully saturated rings. The van der Waals surface area contributed by atoms with Gasteiger partial charge in [0.2, 0.25) is 0 Å². The molecule has 0 spiro atoms. The number of rotatable bonds is 3. The monoisotopic (exact) mass is 387 g/mol. The van der Waals surface area contributed by atoms with E-state index in [1.165, 1.54) is 24.0 Å². The molecule has 1 heterocycles. The van der Waals surface area contributed by atoms with Crippen LogP contribution in [0.5, 0.6) is 5.75 Å². The molecule has 1 atom stereocenters. The second-order valence-corrected chi connectivity index (χ2v) is 6.47. The molecule has 1 aromatic carbocycles. The lowest BCUT2D eigenvalue weighted by Gasteiger charge is -2.26. The van der Waals surface area contributed by atoms with Crippen molar-refractivity contribution < 1.29 is 19.1 Å². The van der Waals surface area contributed by atoms with E-state index in [9.17, 15) is 14.4 Å². The molecule has 3 amide bonds. The normalized spacial score (nSPS) is 15.2. The summed E-state index contributed by atoms with van der Waals surface area (Å²) in [6, 6.07) is 4.60. The standard InChI is InChI=1S/C16H19Cl2N3O4/c1-10(25-13-6-5-11(17)9-12(13)18)14(22)19-20-15(23)16(24)21-7-3-2-4-8-21/h5-6,9-10H,2-4,7-8H2,1H3,(H,19,22)(H,20,23)/t10-/m0/s1. The van der Waals surface area contributed by atoms with E-state index in [1.807, 2.05) is 0 Å². The Morgan fingerprint density at radius 1 is 1.12 bits per heavy atom. The van der Waals surface area contributed by atoms with Crippen molar-refractivity contribution in [1.29, 1.82) is 0 Å². The van der Waals surface area contributed by atoms with Gasteiger partial charge in [0.1, 0.15) is 5.75 Å². The van der Waals surface area contributed by atoms with Crippen molar-refractivity contribution in [3.05, 3.63) is 28.2 Å². The van der Waals surface area contributed by atoms with Gasteiger partial charge in [-0.1, -0.05) is 23.2 Å². The molecule has 136 valence electrons. The Morgan fingerprint density at radius 2 is 1.80 bits per heavy atom. The Labute approximate surface area is 155 Å². The first-order chi connectivity index (χ1) is 11.9. The molecule has 0 bridgehead atoms. The van der Waals surface area contributed by atoms with E-state index in [0.29, 0.717) is 18.1 Å². The first-order valence-electron chi connectivity index (χ1n) is 7.89. The number of carbonyl (C=O) groups excluding carboxylic acids is 3. The molecule has 2 N–H and O–H groups in total. The van der Waals surface area contributed by atoms with Crippen molar-refractivity contribution in [1.82, 2.24) is 15.8 Å². The van der Waals surface area contributed by atoms with Crippen molar-refractivity contribution in [2.24, 2.45) is 0 Å². The van der Waals surface area contributed by atoms with Gasteiger partial charge < -0.3 is 9.64 Å². The molecule has 0 radical (unpaired) electrons. The highest BCUT2D eigenvalue weighted by Gasteiger charge is 2.24. The lowest BCUT2D eigenvalue weighted by molar-refractivity contribution is -0.147. The lowest BCUT2D eigenvalue weighted by atomic mass is 10.1. The summed E-state index contributed by atoms with van der Waals surface area (Å²) in [6.45, 7) is 2.59. The molecular weight excluding hydrogens is 369 g/mol. The maximum atomic E-state index is 12.0. The van der Waals surface area contributed by atoms with Gasteiger partial charge in [-0.3, -0.25) is 25.2 Å². The van der Waals surface area contributed by atoms with Crippen molar-refractivity contribution in [2.75, 3.05) is 13.1 Å². The van der Waals surface area contributed by atoms with E-state index in [1.54, 1.807) is 6.07 Å². The number of hydrazine groups is 1. The largest absolute Gasteiger partial charge is 0.479 e. The molecule has 7 nitrogen and oxygen atoms in total. The van der Waals surface area contributed by atoms with Crippen LogP contribution in [0, 0.1) is 0 Å². The second-order valence-electron chi connectivity index (χ2n) is 5.63. The highest BCUT2D eigenvalue weighted by Crippen LogP contribution is 2.28. The Hall–Kier alpha value is -1.99. The molecule has 0 aliphatic carbocycles. The first-order valence-corrected chi connectivity index (χ1v) is 8.65. The molecule has 0 aromatic heterocycles. The zero-order valence-corrected chi connectivity index (χ0v) is 15.2. The number of carbonyl (C=O) groups is 3. The van der Waals surface area contributed by atoms with Crippen LogP contribution in [0.1, 0.15) is 26.2 Å². The van der Waals surface area contributed by atoms with Crippen LogP contribution in [0.4, 0.5) is 0 Å². The van der Waals surface area contributed by atoms with E-state index in [2.05, 4.69) is 10.9 Å². The minimum absolute atomic E-state index is 0.261.